The molecule has 104 valence electrons. The molecule has 2 heterocycles. The number of benzene rings is 1. The van der Waals surface area contributed by atoms with Gasteiger partial charge in [0.1, 0.15) is 5.82 Å². The van der Waals surface area contributed by atoms with Gasteiger partial charge in [-0.15, -0.1) is 0 Å². The summed E-state index contributed by atoms with van der Waals surface area (Å²) in [4.78, 5) is 8.59. The number of rotatable bonds is 2. The molecule has 1 aromatic heterocycles. The van der Waals surface area contributed by atoms with E-state index < -0.39 is 0 Å². The van der Waals surface area contributed by atoms with Crippen LogP contribution >= 0.6 is 23.2 Å². The van der Waals surface area contributed by atoms with Gasteiger partial charge in [0.05, 0.1) is 24.8 Å². The first-order valence-electron chi connectivity index (χ1n) is 6.26. The second kappa shape index (κ2) is 5.56. The summed E-state index contributed by atoms with van der Waals surface area (Å²) in [5, 5.41) is 4.00. The Kier molecular flexibility index (Phi) is 3.78. The van der Waals surface area contributed by atoms with Crippen molar-refractivity contribution >= 4 is 29.0 Å². The van der Waals surface area contributed by atoms with E-state index in [0.717, 1.165) is 22.6 Å². The summed E-state index contributed by atoms with van der Waals surface area (Å²) in [6, 6.07) is 7.71. The second-order valence-electron chi connectivity index (χ2n) is 4.57. The fourth-order valence-electron chi connectivity index (χ4n) is 2.42. The number of anilines is 1. The lowest BCUT2D eigenvalue weighted by Gasteiger charge is -2.26. The molecule has 1 aliphatic heterocycles. The normalized spacial score (nSPS) is 17.6. The van der Waals surface area contributed by atoms with Crippen LogP contribution in [0.2, 0.25) is 10.3 Å². The standard InChI is InChI=1S/C14H13Cl2N3O/c1-17-13-11-7-20-6-10(12(11)18-14(16)19-13)8-2-4-9(15)5-3-8/h2-5,10H,6-7H2,1H3,(H,17,18,19). The Balaban J connectivity index is 2.09. The molecule has 1 atom stereocenters. The minimum Gasteiger partial charge on any atom is -0.376 e. The van der Waals surface area contributed by atoms with Crippen LogP contribution in [-0.4, -0.2) is 23.6 Å². The van der Waals surface area contributed by atoms with E-state index in [0.29, 0.717) is 18.2 Å². The summed E-state index contributed by atoms with van der Waals surface area (Å²) >= 11 is 12.0. The highest BCUT2D eigenvalue weighted by atomic mass is 35.5. The Labute approximate surface area is 127 Å². The first kappa shape index (κ1) is 13.6. The Morgan fingerprint density at radius 1 is 1.20 bits per heavy atom. The van der Waals surface area contributed by atoms with Crippen molar-refractivity contribution in [3.05, 3.63) is 51.4 Å². The van der Waals surface area contributed by atoms with Crippen molar-refractivity contribution in [3.63, 3.8) is 0 Å². The quantitative estimate of drug-likeness (QED) is 0.863. The van der Waals surface area contributed by atoms with Crippen LogP contribution in [0.4, 0.5) is 5.82 Å². The number of halogens is 2. The van der Waals surface area contributed by atoms with Crippen LogP contribution < -0.4 is 5.32 Å². The second-order valence-corrected chi connectivity index (χ2v) is 5.35. The van der Waals surface area contributed by atoms with E-state index in [2.05, 4.69) is 15.3 Å². The molecule has 0 bridgehead atoms. The van der Waals surface area contributed by atoms with Crippen LogP contribution in [-0.2, 0) is 11.3 Å². The van der Waals surface area contributed by atoms with Crippen LogP contribution in [0.5, 0.6) is 0 Å². The molecule has 1 aromatic carbocycles. The smallest absolute Gasteiger partial charge is 0.224 e. The van der Waals surface area contributed by atoms with Crippen LogP contribution in [0.15, 0.2) is 24.3 Å². The summed E-state index contributed by atoms with van der Waals surface area (Å²) in [7, 11) is 1.81. The first-order valence-corrected chi connectivity index (χ1v) is 7.02. The Bertz CT molecular complexity index is 631. The molecule has 0 radical (unpaired) electrons. The Hall–Kier alpha value is -1.36. The molecule has 3 rings (SSSR count). The third kappa shape index (κ3) is 2.46. The number of hydrogen-bond donors (Lipinski definition) is 1. The monoisotopic (exact) mass is 309 g/mol. The van der Waals surface area contributed by atoms with Gasteiger partial charge in [-0.1, -0.05) is 23.7 Å². The lowest BCUT2D eigenvalue weighted by Crippen LogP contribution is -2.21. The average molecular weight is 310 g/mol. The molecule has 1 N–H and O–H groups in total. The van der Waals surface area contributed by atoms with Crippen LogP contribution in [0.1, 0.15) is 22.7 Å². The third-order valence-electron chi connectivity index (χ3n) is 3.38. The van der Waals surface area contributed by atoms with Crippen molar-refractivity contribution in [2.75, 3.05) is 19.0 Å². The fraction of sp³-hybridized carbons (Fsp3) is 0.286. The van der Waals surface area contributed by atoms with Gasteiger partial charge in [-0.2, -0.15) is 0 Å². The summed E-state index contributed by atoms with van der Waals surface area (Å²) in [6.07, 6.45) is 0. The third-order valence-corrected chi connectivity index (χ3v) is 3.80. The molecule has 1 aliphatic rings. The van der Waals surface area contributed by atoms with Gasteiger partial charge in [0, 0.05) is 17.6 Å². The van der Waals surface area contributed by atoms with Crippen molar-refractivity contribution in [1.82, 2.24) is 9.97 Å². The van der Waals surface area contributed by atoms with Gasteiger partial charge in [-0.05, 0) is 29.3 Å². The molecule has 6 heteroatoms. The number of hydrogen-bond acceptors (Lipinski definition) is 4. The zero-order valence-corrected chi connectivity index (χ0v) is 12.4. The summed E-state index contributed by atoms with van der Waals surface area (Å²) in [5.41, 5.74) is 2.98. The number of ether oxygens (including phenoxy) is 1. The summed E-state index contributed by atoms with van der Waals surface area (Å²) in [6.45, 7) is 1.07. The highest BCUT2D eigenvalue weighted by Crippen LogP contribution is 2.34. The molecule has 0 saturated carbocycles. The number of nitrogens with one attached hydrogen (secondary N) is 1. The van der Waals surface area contributed by atoms with Crippen molar-refractivity contribution in [1.29, 1.82) is 0 Å². The van der Waals surface area contributed by atoms with Gasteiger partial charge >= 0.3 is 0 Å². The van der Waals surface area contributed by atoms with E-state index in [1.807, 2.05) is 31.3 Å². The molecule has 0 spiro atoms. The van der Waals surface area contributed by atoms with Crippen LogP contribution in [0, 0.1) is 0 Å². The van der Waals surface area contributed by atoms with E-state index in [1.165, 1.54) is 0 Å². The molecular formula is C14H13Cl2N3O. The SMILES string of the molecule is CNc1nc(Cl)nc2c1COCC2c1ccc(Cl)cc1. The largest absolute Gasteiger partial charge is 0.376 e. The lowest BCUT2D eigenvalue weighted by atomic mass is 9.92. The molecule has 0 fully saturated rings. The topological polar surface area (TPSA) is 47.0 Å². The van der Waals surface area contributed by atoms with Crippen molar-refractivity contribution < 1.29 is 4.74 Å². The van der Waals surface area contributed by atoms with Crippen LogP contribution in [0.25, 0.3) is 0 Å². The predicted molar refractivity (Wildman–Crippen MR) is 79.5 cm³/mol. The highest BCUT2D eigenvalue weighted by Gasteiger charge is 2.27. The van der Waals surface area contributed by atoms with Gasteiger partial charge < -0.3 is 10.1 Å². The minimum atomic E-state index is 0.0450. The van der Waals surface area contributed by atoms with Crippen molar-refractivity contribution in [2.45, 2.75) is 12.5 Å². The summed E-state index contributed by atoms with van der Waals surface area (Å²) < 4.78 is 5.68. The summed E-state index contributed by atoms with van der Waals surface area (Å²) in [5.74, 6) is 0.766. The maximum atomic E-state index is 6.01. The molecule has 20 heavy (non-hydrogen) atoms. The molecule has 0 amide bonds. The average Bonchev–Trinajstić information content (AvgIpc) is 2.46. The molecule has 0 aliphatic carbocycles. The van der Waals surface area contributed by atoms with Gasteiger partial charge in [0.15, 0.2) is 0 Å². The zero-order valence-electron chi connectivity index (χ0n) is 10.9. The van der Waals surface area contributed by atoms with E-state index in [4.69, 9.17) is 27.9 Å². The van der Waals surface area contributed by atoms with Crippen LogP contribution in [0.3, 0.4) is 0 Å². The fourth-order valence-corrected chi connectivity index (χ4v) is 2.72. The van der Waals surface area contributed by atoms with E-state index >= 15 is 0 Å². The maximum Gasteiger partial charge on any atom is 0.224 e. The lowest BCUT2D eigenvalue weighted by molar-refractivity contribution is 0.0978. The van der Waals surface area contributed by atoms with Gasteiger partial charge in [-0.3, -0.25) is 0 Å². The maximum absolute atomic E-state index is 6.01. The molecule has 4 nitrogen and oxygen atoms in total. The molecule has 1 unspecified atom stereocenters. The number of fused-ring (bicyclic) bond motifs is 1. The Morgan fingerprint density at radius 3 is 2.65 bits per heavy atom. The first-order chi connectivity index (χ1) is 9.69. The number of aromatic nitrogens is 2. The van der Waals surface area contributed by atoms with E-state index in [9.17, 15) is 0 Å². The molecule has 0 saturated heterocycles. The molecular weight excluding hydrogens is 297 g/mol. The van der Waals surface area contributed by atoms with Gasteiger partial charge in [0.2, 0.25) is 5.28 Å². The van der Waals surface area contributed by atoms with Gasteiger partial charge in [-0.25, -0.2) is 9.97 Å². The van der Waals surface area contributed by atoms with Gasteiger partial charge in [0.25, 0.3) is 0 Å². The molecule has 2 aromatic rings. The minimum absolute atomic E-state index is 0.0450. The van der Waals surface area contributed by atoms with E-state index in [-0.39, 0.29) is 11.2 Å². The zero-order chi connectivity index (χ0) is 14.1. The van der Waals surface area contributed by atoms with Crippen molar-refractivity contribution in [2.24, 2.45) is 0 Å². The predicted octanol–water partition coefficient (Wildman–Crippen LogP) is 3.49. The Morgan fingerprint density at radius 2 is 1.95 bits per heavy atom. The van der Waals surface area contributed by atoms with Crippen molar-refractivity contribution in [3.8, 4) is 0 Å². The highest BCUT2D eigenvalue weighted by molar-refractivity contribution is 6.30. The van der Waals surface area contributed by atoms with E-state index in [1.54, 1.807) is 0 Å². The number of nitrogens with zero attached hydrogens (tertiary/aromatic N) is 2.